The first-order valence-electron chi connectivity index (χ1n) is 5.59. The Hall–Kier alpha value is -0.950. The molecule has 6 heteroatoms. The van der Waals surface area contributed by atoms with Gasteiger partial charge in [0.15, 0.2) is 6.10 Å². The number of aliphatic hydroxyl groups excluding tert-OH is 3. The Balaban J connectivity index is 4.68. The van der Waals surface area contributed by atoms with E-state index in [2.05, 4.69) is 4.74 Å². The first-order valence-corrected chi connectivity index (χ1v) is 5.59. The minimum Gasteiger partial charge on any atom is -0.479 e. The molecule has 0 fully saturated rings. The molecule has 6 nitrogen and oxygen atoms in total. The molecule has 0 aromatic rings. The second-order valence-corrected chi connectivity index (χ2v) is 5.19. The lowest BCUT2D eigenvalue weighted by Crippen LogP contribution is -2.48. The molecule has 18 heavy (non-hydrogen) atoms. The molecule has 0 saturated heterocycles. The van der Waals surface area contributed by atoms with Crippen LogP contribution in [0.5, 0.6) is 0 Å². The van der Waals surface area contributed by atoms with Crippen LogP contribution in [0.1, 0.15) is 20.8 Å². The van der Waals surface area contributed by atoms with E-state index >= 15 is 0 Å². The van der Waals surface area contributed by atoms with Gasteiger partial charge in [0.2, 0.25) is 0 Å². The van der Waals surface area contributed by atoms with Crippen molar-refractivity contribution in [2.24, 2.45) is 5.41 Å². The zero-order valence-electron chi connectivity index (χ0n) is 11.1. The van der Waals surface area contributed by atoms with Crippen LogP contribution in [0, 0.1) is 5.41 Å². The van der Waals surface area contributed by atoms with Gasteiger partial charge in [-0.1, -0.05) is 32.9 Å². The van der Waals surface area contributed by atoms with Crippen LogP contribution in [0.2, 0.25) is 0 Å². The highest BCUT2D eigenvalue weighted by Crippen LogP contribution is 2.16. The van der Waals surface area contributed by atoms with Crippen molar-refractivity contribution < 1.29 is 30.0 Å². The minimum atomic E-state index is -1.72. The molecule has 0 rings (SSSR count). The quantitative estimate of drug-likeness (QED) is 0.493. The number of carbonyl (C=O) groups is 1. The van der Waals surface area contributed by atoms with E-state index in [4.69, 9.17) is 5.11 Å². The number of rotatable bonds is 6. The number of carboxylic acid groups (broad SMARTS) is 1. The van der Waals surface area contributed by atoms with Crippen LogP contribution >= 0.6 is 0 Å². The van der Waals surface area contributed by atoms with E-state index in [1.807, 2.05) is 20.8 Å². The van der Waals surface area contributed by atoms with Crippen LogP contribution in [0.15, 0.2) is 12.2 Å². The predicted molar refractivity (Wildman–Crippen MR) is 65.0 cm³/mol. The van der Waals surface area contributed by atoms with E-state index in [1.54, 1.807) is 6.08 Å². The number of ether oxygens (including phenoxy) is 1. The van der Waals surface area contributed by atoms with Crippen molar-refractivity contribution in [3.05, 3.63) is 12.2 Å². The monoisotopic (exact) mass is 262 g/mol. The van der Waals surface area contributed by atoms with Gasteiger partial charge in [0, 0.05) is 7.11 Å². The summed E-state index contributed by atoms with van der Waals surface area (Å²) in [5.41, 5.74) is -0.195. The highest BCUT2D eigenvalue weighted by molar-refractivity contribution is 5.73. The first kappa shape index (κ1) is 17.1. The molecule has 0 bridgehead atoms. The fourth-order valence-electron chi connectivity index (χ4n) is 1.27. The zero-order chi connectivity index (χ0) is 14.5. The van der Waals surface area contributed by atoms with Crippen LogP contribution in [-0.4, -0.2) is 57.9 Å². The molecule has 0 saturated carbocycles. The number of hydrogen-bond donors (Lipinski definition) is 4. The normalized spacial score (nSPS) is 19.5. The highest BCUT2D eigenvalue weighted by atomic mass is 16.5. The van der Waals surface area contributed by atoms with E-state index in [0.29, 0.717) is 0 Å². The molecule has 0 spiro atoms. The lowest BCUT2D eigenvalue weighted by molar-refractivity contribution is -0.165. The fraction of sp³-hybridized carbons (Fsp3) is 0.750. The summed E-state index contributed by atoms with van der Waals surface area (Å²) in [6.45, 7) is 5.69. The molecule has 0 aromatic carbocycles. The summed E-state index contributed by atoms with van der Waals surface area (Å²) in [4.78, 5) is 10.7. The van der Waals surface area contributed by atoms with Gasteiger partial charge in [0.1, 0.15) is 18.3 Å². The summed E-state index contributed by atoms with van der Waals surface area (Å²) in [5, 5.41) is 37.6. The van der Waals surface area contributed by atoms with E-state index < -0.39 is 30.4 Å². The predicted octanol–water partition coefficient (Wildman–Crippen LogP) is -0.229. The van der Waals surface area contributed by atoms with E-state index in [-0.39, 0.29) is 5.41 Å². The zero-order valence-corrected chi connectivity index (χ0v) is 11.1. The van der Waals surface area contributed by atoms with Crippen molar-refractivity contribution in [1.29, 1.82) is 0 Å². The average molecular weight is 262 g/mol. The van der Waals surface area contributed by atoms with Crippen molar-refractivity contribution in [1.82, 2.24) is 0 Å². The molecule has 4 unspecified atom stereocenters. The third-order valence-electron chi connectivity index (χ3n) is 2.30. The Morgan fingerprint density at radius 2 is 1.67 bits per heavy atom. The first-order chi connectivity index (χ1) is 8.10. The van der Waals surface area contributed by atoms with E-state index in [0.717, 1.165) is 7.11 Å². The van der Waals surface area contributed by atoms with E-state index in [1.165, 1.54) is 6.08 Å². The van der Waals surface area contributed by atoms with E-state index in [9.17, 15) is 20.1 Å². The van der Waals surface area contributed by atoms with Gasteiger partial charge in [-0.15, -0.1) is 0 Å². The third-order valence-corrected chi connectivity index (χ3v) is 2.30. The second kappa shape index (κ2) is 6.84. The van der Waals surface area contributed by atoms with Gasteiger partial charge in [-0.2, -0.15) is 0 Å². The van der Waals surface area contributed by atoms with Gasteiger partial charge in [0.25, 0.3) is 0 Å². The Labute approximate surface area is 107 Å². The standard InChI is InChI=1S/C12H22O6/c1-12(2,3)6-5-7(13)8(14)9(15)10(18-4)11(16)17/h5-10,13-15H,1-4H3,(H,16,17). The molecule has 4 atom stereocenters. The van der Waals surface area contributed by atoms with Crippen molar-refractivity contribution >= 4 is 5.97 Å². The topological polar surface area (TPSA) is 107 Å². The molecule has 0 heterocycles. The van der Waals surface area contributed by atoms with Gasteiger partial charge < -0.3 is 25.2 Å². The van der Waals surface area contributed by atoms with Gasteiger partial charge in [0.05, 0.1) is 0 Å². The summed E-state index contributed by atoms with van der Waals surface area (Å²) >= 11 is 0. The molecule has 0 aliphatic heterocycles. The number of aliphatic carboxylic acids is 1. The molecule has 0 aliphatic rings. The molecule has 0 radical (unpaired) electrons. The van der Waals surface area contributed by atoms with Gasteiger partial charge >= 0.3 is 5.97 Å². The Morgan fingerprint density at radius 3 is 2.00 bits per heavy atom. The maximum absolute atomic E-state index is 10.7. The van der Waals surface area contributed by atoms with Crippen LogP contribution in [0.3, 0.4) is 0 Å². The van der Waals surface area contributed by atoms with Crippen LogP contribution in [-0.2, 0) is 9.53 Å². The maximum atomic E-state index is 10.7. The maximum Gasteiger partial charge on any atom is 0.335 e. The van der Waals surface area contributed by atoms with Crippen LogP contribution < -0.4 is 0 Å². The molecule has 4 N–H and O–H groups in total. The SMILES string of the molecule is COC(C(=O)O)C(O)C(O)C(O)C=CC(C)(C)C. The second-order valence-electron chi connectivity index (χ2n) is 5.19. The molecular formula is C12H22O6. The summed E-state index contributed by atoms with van der Waals surface area (Å²) in [6.07, 6.45) is -3.32. The lowest BCUT2D eigenvalue weighted by Gasteiger charge is -2.25. The molecular weight excluding hydrogens is 240 g/mol. The van der Waals surface area contributed by atoms with Crippen LogP contribution in [0.25, 0.3) is 0 Å². The Kier molecular flexibility index (Phi) is 6.48. The van der Waals surface area contributed by atoms with Gasteiger partial charge in [-0.05, 0) is 5.41 Å². The number of hydrogen-bond acceptors (Lipinski definition) is 5. The van der Waals surface area contributed by atoms with Gasteiger partial charge in [-0.3, -0.25) is 0 Å². The Morgan fingerprint density at radius 1 is 1.17 bits per heavy atom. The molecule has 0 amide bonds. The lowest BCUT2D eigenvalue weighted by atomic mass is 9.94. The van der Waals surface area contributed by atoms with Gasteiger partial charge in [-0.25, -0.2) is 4.79 Å². The van der Waals surface area contributed by atoms with Crippen molar-refractivity contribution in [2.75, 3.05) is 7.11 Å². The fourth-order valence-corrected chi connectivity index (χ4v) is 1.27. The smallest absolute Gasteiger partial charge is 0.335 e. The average Bonchev–Trinajstić information content (AvgIpc) is 2.24. The van der Waals surface area contributed by atoms with Crippen molar-refractivity contribution in [2.45, 2.75) is 45.2 Å². The summed E-state index contributed by atoms with van der Waals surface area (Å²) in [7, 11) is 1.10. The Bertz CT molecular complexity index is 293. The number of carboxylic acids is 1. The number of allylic oxidation sites excluding steroid dienone is 1. The summed E-state index contributed by atoms with van der Waals surface area (Å²) in [5.74, 6) is -1.41. The number of methoxy groups -OCH3 is 1. The summed E-state index contributed by atoms with van der Waals surface area (Å²) in [6, 6.07) is 0. The molecule has 0 aliphatic carbocycles. The minimum absolute atomic E-state index is 0.195. The summed E-state index contributed by atoms with van der Waals surface area (Å²) < 4.78 is 4.55. The third kappa shape index (κ3) is 5.59. The van der Waals surface area contributed by atoms with Crippen molar-refractivity contribution in [3.8, 4) is 0 Å². The number of aliphatic hydroxyl groups is 3. The molecule has 106 valence electrons. The largest absolute Gasteiger partial charge is 0.479 e. The van der Waals surface area contributed by atoms with Crippen LogP contribution in [0.4, 0.5) is 0 Å². The van der Waals surface area contributed by atoms with Crippen molar-refractivity contribution in [3.63, 3.8) is 0 Å². The molecule has 0 aromatic heterocycles. The highest BCUT2D eigenvalue weighted by Gasteiger charge is 2.35.